The summed E-state index contributed by atoms with van der Waals surface area (Å²) >= 11 is 1.51. The van der Waals surface area contributed by atoms with Crippen molar-refractivity contribution in [2.24, 2.45) is 5.92 Å². The van der Waals surface area contributed by atoms with Gasteiger partial charge in [0.1, 0.15) is 6.04 Å². The first-order chi connectivity index (χ1) is 15.0. The predicted octanol–water partition coefficient (Wildman–Crippen LogP) is 3.55. The summed E-state index contributed by atoms with van der Waals surface area (Å²) in [5.41, 5.74) is 2.09. The third kappa shape index (κ3) is 4.80. The van der Waals surface area contributed by atoms with Gasteiger partial charge in [0.25, 0.3) is 5.91 Å². The monoisotopic (exact) mass is 433 g/mol. The molecular formula is C23H23N5O2S. The van der Waals surface area contributed by atoms with Crippen molar-refractivity contribution in [1.29, 1.82) is 0 Å². The standard InChI is InChI=1S/C23H23N5O2S/c1-15(2)20(22(30)25-14-17-7-3-4-10-24-17)27-21(29)16-8-9-18-19(13-16)31-23(26-18)28-11-5-6-12-28/h3-13,15,20H,14H2,1-2H3,(H,25,30)(H,27,29)/t20-/m0/s1. The predicted molar refractivity (Wildman–Crippen MR) is 121 cm³/mol. The Labute approximate surface area is 184 Å². The Morgan fingerprint density at radius 2 is 1.90 bits per heavy atom. The minimum absolute atomic E-state index is 0.0693. The van der Waals surface area contributed by atoms with E-state index in [0.717, 1.165) is 21.0 Å². The molecular weight excluding hydrogens is 410 g/mol. The highest BCUT2D eigenvalue weighted by Gasteiger charge is 2.25. The van der Waals surface area contributed by atoms with Crippen LogP contribution in [-0.4, -0.2) is 32.4 Å². The number of fused-ring (bicyclic) bond motifs is 1. The number of nitrogens with one attached hydrogen (secondary N) is 2. The highest BCUT2D eigenvalue weighted by Crippen LogP contribution is 2.26. The van der Waals surface area contributed by atoms with Crippen molar-refractivity contribution >= 4 is 33.4 Å². The molecule has 158 valence electrons. The maximum absolute atomic E-state index is 12.9. The number of amides is 2. The van der Waals surface area contributed by atoms with E-state index in [1.165, 1.54) is 11.3 Å². The van der Waals surface area contributed by atoms with E-state index in [4.69, 9.17) is 0 Å². The summed E-state index contributed by atoms with van der Waals surface area (Å²) in [6, 6.07) is 14.2. The van der Waals surface area contributed by atoms with Crippen LogP contribution < -0.4 is 10.6 Å². The van der Waals surface area contributed by atoms with Gasteiger partial charge in [-0.25, -0.2) is 4.98 Å². The zero-order valence-corrected chi connectivity index (χ0v) is 18.1. The van der Waals surface area contributed by atoms with Crippen LogP contribution in [0.1, 0.15) is 29.9 Å². The van der Waals surface area contributed by atoms with Crippen molar-refractivity contribution in [1.82, 2.24) is 25.2 Å². The number of carbonyl (C=O) groups excluding carboxylic acids is 2. The van der Waals surface area contributed by atoms with E-state index in [-0.39, 0.29) is 17.7 Å². The van der Waals surface area contributed by atoms with Crippen molar-refractivity contribution in [2.45, 2.75) is 26.4 Å². The maximum Gasteiger partial charge on any atom is 0.251 e. The molecule has 8 heteroatoms. The SMILES string of the molecule is CC(C)[C@H](NC(=O)c1ccc2nc(-n3cccc3)sc2c1)C(=O)NCc1ccccn1. The molecule has 0 bridgehead atoms. The van der Waals surface area contributed by atoms with E-state index in [9.17, 15) is 9.59 Å². The van der Waals surface area contributed by atoms with E-state index in [2.05, 4.69) is 20.6 Å². The first-order valence-electron chi connectivity index (χ1n) is 10.0. The second-order valence-corrected chi connectivity index (χ2v) is 8.51. The molecule has 4 rings (SSSR count). The number of aromatic nitrogens is 3. The Bertz CT molecular complexity index is 1190. The van der Waals surface area contributed by atoms with Crippen molar-refractivity contribution < 1.29 is 9.59 Å². The summed E-state index contributed by atoms with van der Waals surface area (Å²) in [5.74, 6) is -0.590. The van der Waals surface area contributed by atoms with Gasteiger partial charge in [-0.1, -0.05) is 31.3 Å². The quantitative estimate of drug-likeness (QED) is 0.466. The Kier molecular flexibility index (Phi) is 6.08. The van der Waals surface area contributed by atoms with Gasteiger partial charge in [-0.2, -0.15) is 0 Å². The lowest BCUT2D eigenvalue weighted by Crippen LogP contribution is -2.49. The molecule has 0 aliphatic carbocycles. The van der Waals surface area contributed by atoms with Gasteiger partial charge in [-0.15, -0.1) is 0 Å². The van der Waals surface area contributed by atoms with Gasteiger partial charge in [-0.3, -0.25) is 14.6 Å². The van der Waals surface area contributed by atoms with Crippen LogP contribution in [0, 0.1) is 5.92 Å². The summed E-state index contributed by atoms with van der Waals surface area (Å²) in [4.78, 5) is 34.4. The second kappa shape index (κ2) is 9.09. The average Bonchev–Trinajstić information content (AvgIpc) is 3.45. The minimum Gasteiger partial charge on any atom is -0.349 e. The number of hydrogen-bond donors (Lipinski definition) is 2. The lowest BCUT2D eigenvalue weighted by Gasteiger charge is -2.21. The van der Waals surface area contributed by atoms with E-state index in [1.54, 1.807) is 12.3 Å². The Morgan fingerprint density at radius 1 is 1.10 bits per heavy atom. The van der Waals surface area contributed by atoms with E-state index >= 15 is 0 Å². The fourth-order valence-corrected chi connectivity index (χ4v) is 4.15. The molecule has 4 aromatic rings. The molecule has 0 fully saturated rings. The van der Waals surface area contributed by atoms with Crippen LogP contribution in [0.4, 0.5) is 0 Å². The van der Waals surface area contributed by atoms with Crippen LogP contribution in [-0.2, 0) is 11.3 Å². The lowest BCUT2D eigenvalue weighted by atomic mass is 10.0. The Morgan fingerprint density at radius 3 is 2.61 bits per heavy atom. The molecule has 2 N–H and O–H groups in total. The van der Waals surface area contributed by atoms with Crippen LogP contribution in [0.5, 0.6) is 0 Å². The van der Waals surface area contributed by atoms with Crippen molar-refractivity contribution in [3.63, 3.8) is 0 Å². The van der Waals surface area contributed by atoms with Crippen molar-refractivity contribution in [2.75, 3.05) is 0 Å². The maximum atomic E-state index is 12.9. The molecule has 2 amide bonds. The third-order valence-electron chi connectivity index (χ3n) is 4.87. The Balaban J connectivity index is 1.46. The summed E-state index contributed by atoms with van der Waals surface area (Å²) < 4.78 is 2.85. The molecule has 0 spiro atoms. The van der Waals surface area contributed by atoms with Gasteiger partial charge in [0.15, 0.2) is 5.13 Å². The zero-order chi connectivity index (χ0) is 21.8. The second-order valence-electron chi connectivity index (χ2n) is 7.50. The van der Waals surface area contributed by atoms with Gasteiger partial charge in [0.05, 0.1) is 22.5 Å². The summed E-state index contributed by atoms with van der Waals surface area (Å²) in [5, 5.41) is 6.57. The average molecular weight is 434 g/mol. The van der Waals surface area contributed by atoms with Crippen LogP contribution in [0.15, 0.2) is 67.1 Å². The highest BCUT2D eigenvalue weighted by molar-refractivity contribution is 7.20. The van der Waals surface area contributed by atoms with Crippen molar-refractivity contribution in [3.8, 4) is 5.13 Å². The molecule has 3 aromatic heterocycles. The topological polar surface area (TPSA) is 88.9 Å². The van der Waals surface area contributed by atoms with Gasteiger partial charge in [0.2, 0.25) is 5.91 Å². The normalized spacial score (nSPS) is 12.1. The van der Waals surface area contributed by atoms with Crippen molar-refractivity contribution in [3.05, 3.63) is 78.4 Å². The molecule has 1 aromatic carbocycles. The highest BCUT2D eigenvalue weighted by atomic mass is 32.1. The fourth-order valence-electron chi connectivity index (χ4n) is 3.18. The van der Waals surface area contributed by atoms with Gasteiger partial charge in [-0.05, 0) is 48.4 Å². The largest absolute Gasteiger partial charge is 0.349 e. The molecule has 0 saturated carbocycles. The number of hydrogen-bond acceptors (Lipinski definition) is 5. The summed E-state index contributed by atoms with van der Waals surface area (Å²) in [7, 11) is 0. The summed E-state index contributed by atoms with van der Waals surface area (Å²) in [6.07, 6.45) is 5.55. The third-order valence-corrected chi connectivity index (χ3v) is 5.90. The Hall–Kier alpha value is -3.52. The van der Waals surface area contributed by atoms with Crippen LogP contribution >= 0.6 is 11.3 Å². The number of nitrogens with zero attached hydrogens (tertiary/aromatic N) is 3. The molecule has 0 radical (unpaired) electrons. The van der Waals surface area contributed by atoms with Gasteiger partial charge < -0.3 is 15.2 Å². The molecule has 0 aliphatic rings. The van der Waals surface area contributed by atoms with Crippen LogP contribution in [0.25, 0.3) is 15.3 Å². The molecule has 0 aliphatic heterocycles. The fraction of sp³-hybridized carbons (Fsp3) is 0.217. The minimum atomic E-state index is -0.649. The number of rotatable bonds is 7. The number of pyridine rings is 1. The smallest absolute Gasteiger partial charge is 0.251 e. The van der Waals surface area contributed by atoms with E-state index in [0.29, 0.717) is 12.1 Å². The molecule has 0 unspecified atom stereocenters. The number of benzene rings is 1. The summed E-state index contributed by atoms with van der Waals surface area (Å²) in [6.45, 7) is 4.12. The molecule has 3 heterocycles. The van der Waals surface area contributed by atoms with Gasteiger partial charge >= 0.3 is 0 Å². The first kappa shape index (κ1) is 20.7. The molecule has 7 nitrogen and oxygen atoms in total. The number of thiazole rings is 1. The lowest BCUT2D eigenvalue weighted by molar-refractivity contribution is -0.124. The van der Waals surface area contributed by atoms with E-state index in [1.807, 2.05) is 73.3 Å². The molecule has 0 saturated heterocycles. The van der Waals surface area contributed by atoms with Crippen LogP contribution in [0.2, 0.25) is 0 Å². The van der Waals surface area contributed by atoms with Crippen LogP contribution in [0.3, 0.4) is 0 Å². The van der Waals surface area contributed by atoms with E-state index < -0.39 is 6.04 Å². The first-order valence-corrected chi connectivity index (χ1v) is 10.9. The zero-order valence-electron chi connectivity index (χ0n) is 17.3. The number of carbonyl (C=O) groups is 2. The molecule has 31 heavy (non-hydrogen) atoms. The van der Waals surface area contributed by atoms with Gasteiger partial charge in [0, 0.05) is 24.2 Å². The molecule has 1 atom stereocenters.